The Morgan fingerprint density at radius 2 is 2.00 bits per heavy atom. The predicted octanol–water partition coefficient (Wildman–Crippen LogP) is 3.73. The lowest BCUT2D eigenvalue weighted by molar-refractivity contribution is 0.0986. The number of carbonyl (C=O) groups is 1. The zero-order chi connectivity index (χ0) is 25.4. The summed E-state index contributed by atoms with van der Waals surface area (Å²) in [5.74, 6) is -0.619. The average molecular weight is 506 g/mol. The van der Waals surface area contributed by atoms with Crippen LogP contribution in [0.2, 0.25) is 0 Å². The van der Waals surface area contributed by atoms with Crippen LogP contribution in [0.3, 0.4) is 0 Å². The summed E-state index contributed by atoms with van der Waals surface area (Å²) in [7, 11) is -2.91. The van der Waals surface area contributed by atoms with Crippen LogP contribution in [0.5, 0.6) is 5.75 Å². The minimum Gasteiger partial charge on any atom is -0.461 e. The number of amidine groups is 1. The van der Waals surface area contributed by atoms with Crippen molar-refractivity contribution in [3.63, 3.8) is 0 Å². The molecule has 2 aliphatic rings. The number of hydrogen-bond acceptors (Lipinski definition) is 8. The van der Waals surface area contributed by atoms with Gasteiger partial charge in [-0.2, -0.15) is 0 Å². The van der Waals surface area contributed by atoms with Crippen LogP contribution in [0, 0.1) is 5.82 Å². The van der Waals surface area contributed by atoms with Crippen LogP contribution in [0.15, 0.2) is 39.8 Å². The summed E-state index contributed by atoms with van der Waals surface area (Å²) in [5, 5.41) is -0.586. The fourth-order valence-corrected chi connectivity index (χ4v) is 7.93. The Bertz CT molecular complexity index is 1290. The Labute approximate surface area is 203 Å². The largest absolute Gasteiger partial charge is 0.461 e. The molecule has 188 valence electrons. The van der Waals surface area contributed by atoms with E-state index in [-0.39, 0.29) is 35.2 Å². The summed E-state index contributed by atoms with van der Waals surface area (Å²) in [5.41, 5.74) is 5.45. The molecule has 0 saturated carbocycles. The van der Waals surface area contributed by atoms with Crippen molar-refractivity contribution < 1.29 is 22.5 Å². The Balaban J connectivity index is 1.73. The maximum absolute atomic E-state index is 15.2. The first-order valence-electron chi connectivity index (χ1n) is 11.4. The van der Waals surface area contributed by atoms with Gasteiger partial charge in [0.05, 0.1) is 27.6 Å². The fourth-order valence-electron chi connectivity index (χ4n) is 4.70. The van der Waals surface area contributed by atoms with Crippen LogP contribution >= 0.6 is 0 Å². The third-order valence-corrected chi connectivity index (χ3v) is 10.5. The minimum absolute atomic E-state index is 0.00396. The van der Waals surface area contributed by atoms with Gasteiger partial charge in [0.15, 0.2) is 5.78 Å². The van der Waals surface area contributed by atoms with E-state index in [2.05, 4.69) is 19.3 Å². The smallest absolute Gasteiger partial charge is 0.228 e. The van der Waals surface area contributed by atoms with Crippen molar-refractivity contribution in [2.75, 3.05) is 13.4 Å². The fraction of sp³-hybridized carbons (Fsp3) is 0.500. The highest BCUT2D eigenvalue weighted by Gasteiger charge is 2.56. The number of nitrogens with two attached hydrogens (primary N) is 1. The van der Waals surface area contributed by atoms with Crippen molar-refractivity contribution in [2.24, 2.45) is 15.1 Å². The third kappa shape index (κ3) is 4.30. The molecule has 0 spiro atoms. The molecule has 0 bridgehead atoms. The number of ketones is 1. The number of ether oxygens (including phenoxy) is 1. The van der Waals surface area contributed by atoms with Crippen molar-refractivity contribution in [1.82, 2.24) is 9.97 Å². The van der Waals surface area contributed by atoms with E-state index in [4.69, 9.17) is 10.5 Å². The first-order valence-corrected chi connectivity index (χ1v) is 13.0. The van der Waals surface area contributed by atoms with Gasteiger partial charge in [0, 0.05) is 12.2 Å². The summed E-state index contributed by atoms with van der Waals surface area (Å²) in [6.45, 7) is 4.69. The van der Waals surface area contributed by atoms with E-state index in [0.717, 1.165) is 12.8 Å². The van der Waals surface area contributed by atoms with Crippen LogP contribution < -0.4 is 10.5 Å². The molecule has 0 unspecified atom stereocenters. The van der Waals surface area contributed by atoms with Gasteiger partial charge >= 0.3 is 0 Å². The first kappa shape index (κ1) is 25.2. The lowest BCUT2D eigenvalue weighted by Crippen LogP contribution is -2.59. The van der Waals surface area contributed by atoms with E-state index < -0.39 is 37.9 Å². The van der Waals surface area contributed by atoms with E-state index in [1.807, 2.05) is 0 Å². The van der Waals surface area contributed by atoms with Crippen molar-refractivity contribution >= 4 is 21.3 Å². The van der Waals surface area contributed by atoms with Crippen LogP contribution in [-0.2, 0) is 21.7 Å². The molecule has 2 aliphatic heterocycles. The standard InChI is InChI=1S/C24H29F2N5O3S/c1-23(2)22(27)31-24(3,20-6-4-5-11-29-35(20,23)33)21-17(26)9-7-15(30-21)12-19(32)18-10-8-16(13-28-18)34-14-25/h7-10,13,20H,4-6,11-12,14H2,1-3H3,(H2,27,31)/t20-,24+,35+/m1/s1. The monoisotopic (exact) mass is 505 g/mol. The molecule has 2 aromatic heterocycles. The molecule has 35 heavy (non-hydrogen) atoms. The summed E-state index contributed by atoms with van der Waals surface area (Å²) in [6, 6.07) is 5.53. The van der Waals surface area contributed by atoms with Gasteiger partial charge in [-0.05, 0) is 57.9 Å². The highest BCUT2D eigenvalue weighted by atomic mass is 32.2. The van der Waals surface area contributed by atoms with Gasteiger partial charge in [0.2, 0.25) is 6.86 Å². The number of alkyl halides is 1. The highest BCUT2D eigenvalue weighted by molar-refractivity contribution is 7.96. The Morgan fingerprint density at radius 3 is 2.69 bits per heavy atom. The van der Waals surface area contributed by atoms with E-state index in [0.29, 0.717) is 18.7 Å². The van der Waals surface area contributed by atoms with Gasteiger partial charge in [-0.1, -0.05) is 6.42 Å². The molecule has 2 aromatic rings. The second-order valence-corrected chi connectivity index (χ2v) is 12.4. The first-order chi connectivity index (χ1) is 16.5. The molecule has 11 heteroatoms. The molecule has 8 nitrogen and oxygen atoms in total. The Hall–Kier alpha value is -2.95. The molecular formula is C24H29F2N5O3S. The molecule has 0 saturated heterocycles. The average Bonchev–Trinajstić information content (AvgIpc) is 3.03. The number of halogens is 2. The second kappa shape index (κ2) is 9.25. The van der Waals surface area contributed by atoms with Gasteiger partial charge in [-0.25, -0.2) is 22.3 Å². The molecule has 0 aliphatic carbocycles. The van der Waals surface area contributed by atoms with Crippen molar-refractivity contribution in [2.45, 2.75) is 62.0 Å². The number of nitrogens with zero attached hydrogens (tertiary/aromatic N) is 4. The SMILES string of the molecule is CC1(C)C(N)=N[C@](C)(c2nc(CC(=O)c3ccc(OCF)cn3)ccc2F)[C@H]2CCCCN=[S@]21=O. The summed E-state index contributed by atoms with van der Waals surface area (Å²) in [4.78, 5) is 26.0. The number of pyridine rings is 2. The number of aliphatic imine (C=N–C) groups is 1. The van der Waals surface area contributed by atoms with Crippen molar-refractivity contribution in [1.29, 1.82) is 0 Å². The lowest BCUT2D eigenvalue weighted by Gasteiger charge is -2.46. The molecule has 4 rings (SSSR count). The van der Waals surface area contributed by atoms with E-state index in [1.165, 1.54) is 30.5 Å². The van der Waals surface area contributed by atoms with Crippen molar-refractivity contribution in [3.05, 3.63) is 53.4 Å². The van der Waals surface area contributed by atoms with Gasteiger partial charge in [0.25, 0.3) is 0 Å². The molecule has 0 aromatic carbocycles. The summed E-state index contributed by atoms with van der Waals surface area (Å²) in [6.07, 6.45) is 3.21. The number of rotatable bonds is 6. The van der Waals surface area contributed by atoms with E-state index in [1.54, 1.807) is 20.8 Å². The number of hydrogen-bond donors (Lipinski definition) is 1. The quantitative estimate of drug-likeness (QED) is 0.598. The maximum Gasteiger partial charge on any atom is 0.228 e. The number of carbonyl (C=O) groups excluding carboxylic acids is 1. The Morgan fingerprint density at radius 1 is 1.23 bits per heavy atom. The van der Waals surface area contributed by atoms with Crippen molar-refractivity contribution in [3.8, 4) is 5.75 Å². The van der Waals surface area contributed by atoms with E-state index >= 15 is 4.39 Å². The highest BCUT2D eigenvalue weighted by Crippen LogP contribution is 2.46. The second-order valence-electron chi connectivity index (χ2n) is 9.43. The summed E-state index contributed by atoms with van der Waals surface area (Å²) >= 11 is 0. The van der Waals surface area contributed by atoms with Crippen LogP contribution in [0.1, 0.15) is 61.9 Å². The molecular weight excluding hydrogens is 476 g/mol. The minimum atomic E-state index is -2.91. The normalized spacial score (nSPS) is 27.7. The Kier molecular flexibility index (Phi) is 6.65. The van der Waals surface area contributed by atoms with Crippen LogP contribution in [0.4, 0.5) is 8.78 Å². The molecule has 0 fully saturated rings. The van der Waals surface area contributed by atoms with Crippen LogP contribution in [-0.4, -0.2) is 49.2 Å². The molecule has 3 atom stereocenters. The number of aromatic nitrogens is 2. The number of fused-ring (bicyclic) bond motifs is 1. The maximum atomic E-state index is 15.2. The molecule has 2 N–H and O–H groups in total. The topological polar surface area (TPSA) is 120 Å². The van der Waals surface area contributed by atoms with Gasteiger partial charge < -0.3 is 10.5 Å². The van der Waals surface area contributed by atoms with E-state index in [9.17, 15) is 13.4 Å². The molecule has 0 radical (unpaired) electrons. The zero-order valence-electron chi connectivity index (χ0n) is 20.0. The molecule has 4 heterocycles. The zero-order valence-corrected chi connectivity index (χ0v) is 20.8. The van der Waals surface area contributed by atoms with Crippen LogP contribution in [0.25, 0.3) is 0 Å². The molecule has 0 amide bonds. The third-order valence-electron chi connectivity index (χ3n) is 6.84. The predicted molar refractivity (Wildman–Crippen MR) is 129 cm³/mol. The van der Waals surface area contributed by atoms with Gasteiger partial charge in [0.1, 0.15) is 39.1 Å². The van der Waals surface area contributed by atoms with Gasteiger partial charge in [-0.15, -0.1) is 0 Å². The lowest BCUT2D eigenvalue weighted by atomic mass is 9.88. The summed E-state index contributed by atoms with van der Waals surface area (Å²) < 4.78 is 50.2. The van der Waals surface area contributed by atoms with Gasteiger partial charge in [-0.3, -0.25) is 14.8 Å². The number of Topliss-reactive ketones (excluding diaryl/α,β-unsaturated/α-hetero) is 1.